The molecule has 0 saturated heterocycles. The second-order valence-corrected chi connectivity index (χ2v) is 2.02. The average molecular weight is 146 g/mol. The van der Waals surface area contributed by atoms with Crippen molar-refractivity contribution < 1.29 is 5.11 Å². The Morgan fingerprint density at radius 3 is 2.82 bits per heavy atom. The van der Waals surface area contributed by atoms with E-state index in [1.165, 1.54) is 18.2 Å². The van der Waals surface area contributed by atoms with Gasteiger partial charge >= 0.3 is 0 Å². The molecule has 1 aromatic carbocycles. The molecule has 0 heterocycles. The molecule has 1 N–H and O–H groups in total. The summed E-state index contributed by atoms with van der Waals surface area (Å²) in [7, 11) is 0. The molecule has 2 nitrogen and oxygen atoms in total. The third-order valence-electron chi connectivity index (χ3n) is 1.24. The molecule has 0 aromatic heterocycles. The van der Waals surface area contributed by atoms with Gasteiger partial charge in [-0.25, -0.2) is 0 Å². The molecular weight excluding hydrogens is 140 g/mol. The first-order chi connectivity index (χ1) is 5.24. The van der Waals surface area contributed by atoms with Crippen LogP contribution < -0.4 is 5.43 Å². The normalized spacial score (nSPS) is 8.64. The summed E-state index contributed by atoms with van der Waals surface area (Å²) < 4.78 is 0. The zero-order valence-corrected chi connectivity index (χ0v) is 5.74. The topological polar surface area (TPSA) is 37.3 Å². The Kier molecular flexibility index (Phi) is 1.93. The Labute approximate surface area is 64.1 Å². The summed E-state index contributed by atoms with van der Waals surface area (Å²) in [4.78, 5) is 10.9. The molecular formula is C9H6O2. The third kappa shape index (κ3) is 1.59. The van der Waals surface area contributed by atoms with Crippen LogP contribution in [0.1, 0.15) is 5.56 Å². The van der Waals surface area contributed by atoms with Crippen molar-refractivity contribution in [2.24, 2.45) is 0 Å². The van der Waals surface area contributed by atoms with Crippen LogP contribution in [0.5, 0.6) is 5.75 Å². The predicted octanol–water partition coefficient (Wildman–Crippen LogP) is 0.734. The summed E-state index contributed by atoms with van der Waals surface area (Å²) in [6.45, 7) is 0. The molecule has 54 valence electrons. The molecule has 0 bridgehead atoms. The number of aromatic hydroxyl groups is 1. The second kappa shape index (κ2) is 2.89. The van der Waals surface area contributed by atoms with Gasteiger partial charge in [-0.05, 0) is 12.1 Å². The van der Waals surface area contributed by atoms with Crippen molar-refractivity contribution in [1.29, 1.82) is 0 Å². The number of hydrogen-bond acceptors (Lipinski definition) is 2. The van der Waals surface area contributed by atoms with E-state index in [9.17, 15) is 4.79 Å². The lowest BCUT2D eigenvalue weighted by Crippen LogP contribution is -1.93. The first-order valence-corrected chi connectivity index (χ1v) is 3.04. The highest BCUT2D eigenvalue weighted by Gasteiger charge is 1.91. The minimum atomic E-state index is -0.456. The lowest BCUT2D eigenvalue weighted by molar-refractivity contribution is 0.471. The van der Waals surface area contributed by atoms with Crippen molar-refractivity contribution in [3.63, 3.8) is 0 Å². The Balaban J connectivity index is 3.48. The molecule has 11 heavy (non-hydrogen) atoms. The van der Waals surface area contributed by atoms with Crippen LogP contribution in [0.3, 0.4) is 0 Å². The van der Waals surface area contributed by atoms with Gasteiger partial charge in [-0.1, -0.05) is 12.0 Å². The van der Waals surface area contributed by atoms with Gasteiger partial charge in [0.1, 0.15) is 0 Å². The van der Waals surface area contributed by atoms with Crippen LogP contribution in [0.25, 0.3) is 0 Å². The Bertz CT molecular complexity index is 361. The molecule has 0 spiro atoms. The summed E-state index contributed by atoms with van der Waals surface area (Å²) in [6, 6.07) is 5.64. The van der Waals surface area contributed by atoms with E-state index in [0.29, 0.717) is 5.56 Å². The minimum absolute atomic E-state index is 0.286. The molecule has 0 aliphatic rings. The average Bonchev–Trinajstić information content (AvgIpc) is 2.15. The highest BCUT2D eigenvalue weighted by molar-refractivity contribution is 5.33. The molecule has 0 aliphatic carbocycles. The summed E-state index contributed by atoms with van der Waals surface area (Å²) in [5, 5.41) is 8.92. The Morgan fingerprint density at radius 2 is 2.18 bits per heavy atom. The van der Waals surface area contributed by atoms with E-state index in [2.05, 4.69) is 5.92 Å². The van der Waals surface area contributed by atoms with Crippen molar-refractivity contribution >= 4 is 0 Å². The monoisotopic (exact) mass is 146 g/mol. The SMILES string of the molecule is C#Cc1cccc(O)c(=O)c1. The van der Waals surface area contributed by atoms with E-state index in [1.54, 1.807) is 6.07 Å². The van der Waals surface area contributed by atoms with Crippen LogP contribution in [0, 0.1) is 12.3 Å². The van der Waals surface area contributed by atoms with E-state index < -0.39 is 5.43 Å². The number of hydrogen-bond donors (Lipinski definition) is 1. The minimum Gasteiger partial charge on any atom is -0.504 e. The van der Waals surface area contributed by atoms with Crippen LogP contribution in [-0.2, 0) is 0 Å². The van der Waals surface area contributed by atoms with E-state index in [1.807, 2.05) is 0 Å². The van der Waals surface area contributed by atoms with Gasteiger partial charge in [-0.2, -0.15) is 0 Å². The number of rotatable bonds is 0. The van der Waals surface area contributed by atoms with Crippen molar-refractivity contribution in [3.05, 3.63) is 40.1 Å². The van der Waals surface area contributed by atoms with E-state index >= 15 is 0 Å². The zero-order chi connectivity index (χ0) is 8.27. The fourth-order valence-corrected chi connectivity index (χ4v) is 0.678. The highest BCUT2D eigenvalue weighted by Crippen LogP contribution is 1.98. The summed E-state index contributed by atoms with van der Waals surface area (Å²) in [5.74, 6) is 2.02. The predicted molar refractivity (Wildman–Crippen MR) is 42.3 cm³/mol. The second-order valence-electron chi connectivity index (χ2n) is 2.02. The highest BCUT2D eigenvalue weighted by atomic mass is 16.3. The van der Waals surface area contributed by atoms with Crippen molar-refractivity contribution in [2.75, 3.05) is 0 Å². The van der Waals surface area contributed by atoms with Gasteiger partial charge in [0.15, 0.2) is 5.75 Å². The Hall–Kier alpha value is -1.75. The first kappa shape index (κ1) is 7.36. The van der Waals surface area contributed by atoms with Gasteiger partial charge in [0.25, 0.3) is 0 Å². The fraction of sp³-hybridized carbons (Fsp3) is 0. The molecule has 0 unspecified atom stereocenters. The van der Waals surface area contributed by atoms with Crippen LogP contribution in [0.2, 0.25) is 0 Å². The van der Waals surface area contributed by atoms with E-state index in [4.69, 9.17) is 11.5 Å². The lowest BCUT2D eigenvalue weighted by atomic mass is 10.3. The zero-order valence-electron chi connectivity index (χ0n) is 5.74. The van der Waals surface area contributed by atoms with Crippen LogP contribution in [0.15, 0.2) is 29.1 Å². The smallest absolute Gasteiger partial charge is 0.221 e. The Morgan fingerprint density at radius 1 is 1.45 bits per heavy atom. The molecule has 0 radical (unpaired) electrons. The van der Waals surface area contributed by atoms with Gasteiger partial charge in [0.2, 0.25) is 5.43 Å². The molecule has 2 heteroatoms. The van der Waals surface area contributed by atoms with E-state index in [0.717, 1.165) is 0 Å². The summed E-state index contributed by atoms with van der Waals surface area (Å²) in [6.07, 6.45) is 5.05. The van der Waals surface area contributed by atoms with Crippen LogP contribution in [0.4, 0.5) is 0 Å². The maximum Gasteiger partial charge on any atom is 0.221 e. The van der Waals surface area contributed by atoms with Gasteiger partial charge in [-0.15, -0.1) is 6.42 Å². The first-order valence-electron chi connectivity index (χ1n) is 3.04. The van der Waals surface area contributed by atoms with Crippen LogP contribution >= 0.6 is 0 Å². The molecule has 0 aliphatic heterocycles. The maximum absolute atomic E-state index is 10.9. The van der Waals surface area contributed by atoms with Gasteiger partial charge < -0.3 is 5.11 Å². The quantitative estimate of drug-likeness (QED) is 0.548. The summed E-state index contributed by atoms with van der Waals surface area (Å²) in [5.41, 5.74) is 0.0123. The molecule has 1 rings (SSSR count). The molecule has 0 saturated carbocycles. The molecule has 0 fully saturated rings. The van der Waals surface area contributed by atoms with Gasteiger partial charge in [-0.3, -0.25) is 4.79 Å². The van der Waals surface area contributed by atoms with Gasteiger partial charge in [0.05, 0.1) is 0 Å². The summed E-state index contributed by atoms with van der Waals surface area (Å²) >= 11 is 0. The van der Waals surface area contributed by atoms with Crippen LogP contribution in [-0.4, -0.2) is 5.11 Å². The lowest BCUT2D eigenvalue weighted by Gasteiger charge is -1.77. The maximum atomic E-state index is 10.9. The number of terminal acetylenes is 1. The van der Waals surface area contributed by atoms with E-state index in [-0.39, 0.29) is 5.75 Å². The van der Waals surface area contributed by atoms with Crippen molar-refractivity contribution in [2.45, 2.75) is 0 Å². The third-order valence-corrected chi connectivity index (χ3v) is 1.24. The largest absolute Gasteiger partial charge is 0.504 e. The molecule has 1 aromatic rings. The van der Waals surface area contributed by atoms with Gasteiger partial charge in [0, 0.05) is 11.6 Å². The van der Waals surface area contributed by atoms with Crippen molar-refractivity contribution in [3.8, 4) is 18.1 Å². The molecule has 0 amide bonds. The van der Waals surface area contributed by atoms with Crippen molar-refractivity contribution in [1.82, 2.24) is 0 Å². The molecule has 0 atom stereocenters. The standard InChI is InChI=1S/C9H6O2/c1-2-7-4-3-5-8(10)9(11)6-7/h1,3-6H,(H,10,11). The fourth-order valence-electron chi connectivity index (χ4n) is 0.678.